The van der Waals surface area contributed by atoms with Gasteiger partial charge in [0.05, 0.1) is 11.6 Å². The van der Waals surface area contributed by atoms with Crippen LogP contribution in [0, 0.1) is 11.6 Å². The summed E-state index contributed by atoms with van der Waals surface area (Å²) in [5.41, 5.74) is 8.01. The van der Waals surface area contributed by atoms with Gasteiger partial charge in [-0.3, -0.25) is 4.79 Å². The average Bonchev–Trinajstić information content (AvgIpc) is 3.38. The molecule has 0 aliphatic carbocycles. The molecular weight excluding hydrogens is 474 g/mol. The van der Waals surface area contributed by atoms with Gasteiger partial charge in [-0.05, 0) is 61.8 Å². The molecule has 2 heterocycles. The van der Waals surface area contributed by atoms with Crippen molar-refractivity contribution < 1.29 is 18.3 Å². The Morgan fingerprint density at radius 3 is 2.69 bits per heavy atom. The summed E-state index contributed by atoms with van der Waals surface area (Å²) in [7, 11) is 0. The van der Waals surface area contributed by atoms with Crippen molar-refractivity contribution >= 4 is 23.3 Å². The molecule has 184 valence electrons. The van der Waals surface area contributed by atoms with Crippen LogP contribution in [0.15, 0.2) is 48.7 Å². The number of nitrogens with two attached hydrogens (primary N) is 1. The zero-order valence-corrected chi connectivity index (χ0v) is 20.0. The number of nitrogens with zero attached hydrogens (tertiary/aromatic N) is 2. The Hall–Kier alpha value is -3.23. The fourth-order valence-corrected chi connectivity index (χ4v) is 4.31. The number of nitrogens with one attached hydrogen (secondary N) is 1. The zero-order chi connectivity index (χ0) is 24.8. The highest BCUT2D eigenvalue weighted by Gasteiger charge is 2.14. The average molecular weight is 501 g/mol. The van der Waals surface area contributed by atoms with E-state index in [9.17, 15) is 13.6 Å². The molecule has 9 heteroatoms. The predicted octanol–water partition coefficient (Wildman–Crippen LogP) is 4.71. The molecule has 3 N–H and O–H groups in total. The number of benzene rings is 2. The summed E-state index contributed by atoms with van der Waals surface area (Å²) < 4.78 is 33.4. The number of anilines is 1. The van der Waals surface area contributed by atoms with Gasteiger partial charge in [0.15, 0.2) is 11.6 Å². The minimum absolute atomic E-state index is 0.0227. The van der Waals surface area contributed by atoms with Crippen LogP contribution >= 0.6 is 11.6 Å². The molecule has 1 saturated heterocycles. The summed E-state index contributed by atoms with van der Waals surface area (Å²) in [4.78, 5) is 19.1. The molecule has 2 aromatic carbocycles. The Balaban J connectivity index is 1.40. The van der Waals surface area contributed by atoms with E-state index < -0.39 is 11.6 Å². The molecule has 0 saturated carbocycles. The number of ether oxygens (including phenoxy) is 1. The third-order valence-corrected chi connectivity index (χ3v) is 6.41. The monoisotopic (exact) mass is 500 g/mol. The van der Waals surface area contributed by atoms with Crippen LogP contribution in [-0.2, 0) is 6.42 Å². The fourth-order valence-electron chi connectivity index (χ4n) is 4.07. The number of pyridine rings is 1. The second kappa shape index (κ2) is 11.5. The first-order valence-corrected chi connectivity index (χ1v) is 11.9. The summed E-state index contributed by atoms with van der Waals surface area (Å²) in [6, 6.07) is 10.9. The van der Waals surface area contributed by atoms with Crippen LogP contribution in [0.25, 0.3) is 11.1 Å². The van der Waals surface area contributed by atoms with Gasteiger partial charge < -0.3 is 20.7 Å². The molecule has 0 atom stereocenters. The molecule has 1 fully saturated rings. The normalized spacial score (nSPS) is 13.7. The van der Waals surface area contributed by atoms with Crippen LogP contribution in [-0.4, -0.2) is 48.6 Å². The molecule has 0 radical (unpaired) electrons. The molecule has 1 aromatic heterocycles. The molecule has 4 rings (SSSR count). The largest absolute Gasteiger partial charge is 0.489 e. The minimum Gasteiger partial charge on any atom is -0.489 e. The SMILES string of the molecule is Nc1ncc(-c2cccc(C(=O)NCCN3CCCC3)c2)cc1OCCc1c(F)ccc(F)c1Cl. The van der Waals surface area contributed by atoms with Crippen LogP contribution in [0.5, 0.6) is 5.75 Å². The van der Waals surface area contributed by atoms with Crippen molar-refractivity contribution in [1.29, 1.82) is 0 Å². The lowest BCUT2D eigenvalue weighted by Gasteiger charge is -2.15. The number of hydrogen-bond acceptors (Lipinski definition) is 5. The molecule has 1 aliphatic heterocycles. The third kappa shape index (κ3) is 6.26. The van der Waals surface area contributed by atoms with E-state index in [2.05, 4.69) is 15.2 Å². The molecular formula is C26H27ClF2N4O2. The summed E-state index contributed by atoms with van der Waals surface area (Å²) in [5, 5.41) is 2.71. The lowest BCUT2D eigenvalue weighted by Crippen LogP contribution is -2.33. The Kier molecular flexibility index (Phi) is 8.15. The highest BCUT2D eigenvalue weighted by Crippen LogP contribution is 2.29. The molecule has 1 aliphatic rings. The Morgan fingerprint density at radius 1 is 1.11 bits per heavy atom. The van der Waals surface area contributed by atoms with Crippen molar-refractivity contribution in [3.05, 3.63) is 76.4 Å². The van der Waals surface area contributed by atoms with Gasteiger partial charge in [0.1, 0.15) is 11.6 Å². The Bertz CT molecular complexity index is 1200. The van der Waals surface area contributed by atoms with Crippen molar-refractivity contribution in [3.8, 4) is 16.9 Å². The van der Waals surface area contributed by atoms with Crippen molar-refractivity contribution in [1.82, 2.24) is 15.2 Å². The molecule has 35 heavy (non-hydrogen) atoms. The van der Waals surface area contributed by atoms with Crippen LogP contribution < -0.4 is 15.8 Å². The van der Waals surface area contributed by atoms with Crippen molar-refractivity contribution in [2.45, 2.75) is 19.3 Å². The summed E-state index contributed by atoms with van der Waals surface area (Å²) in [6.07, 6.45) is 4.08. The van der Waals surface area contributed by atoms with Gasteiger partial charge in [-0.2, -0.15) is 0 Å². The molecule has 0 spiro atoms. The zero-order valence-electron chi connectivity index (χ0n) is 19.2. The number of nitrogen functional groups attached to an aromatic ring is 1. The first kappa shape index (κ1) is 24.9. The molecule has 0 unspecified atom stereocenters. The maximum atomic E-state index is 14.0. The Labute approximate surface area is 208 Å². The summed E-state index contributed by atoms with van der Waals surface area (Å²) in [5.74, 6) is -0.965. The van der Waals surface area contributed by atoms with E-state index >= 15 is 0 Å². The number of amides is 1. The van der Waals surface area contributed by atoms with Crippen molar-refractivity contribution in [3.63, 3.8) is 0 Å². The van der Waals surface area contributed by atoms with Crippen LogP contribution in [0.2, 0.25) is 5.02 Å². The van der Waals surface area contributed by atoms with Crippen LogP contribution in [0.1, 0.15) is 28.8 Å². The van der Waals surface area contributed by atoms with Gasteiger partial charge in [0, 0.05) is 42.4 Å². The molecule has 0 bridgehead atoms. The van der Waals surface area contributed by atoms with Gasteiger partial charge in [-0.1, -0.05) is 23.7 Å². The topological polar surface area (TPSA) is 80.5 Å². The van der Waals surface area contributed by atoms with E-state index in [-0.39, 0.29) is 35.3 Å². The molecule has 6 nitrogen and oxygen atoms in total. The van der Waals surface area contributed by atoms with Gasteiger partial charge in [-0.25, -0.2) is 13.8 Å². The van der Waals surface area contributed by atoms with E-state index in [1.54, 1.807) is 30.5 Å². The van der Waals surface area contributed by atoms with Crippen molar-refractivity contribution in [2.24, 2.45) is 0 Å². The second-order valence-electron chi connectivity index (χ2n) is 8.41. The molecule has 1 amide bonds. The van der Waals surface area contributed by atoms with Gasteiger partial charge in [0.2, 0.25) is 0 Å². The number of hydrogen-bond donors (Lipinski definition) is 2. The number of likely N-dealkylation sites (tertiary alicyclic amines) is 1. The van der Waals surface area contributed by atoms with Crippen molar-refractivity contribution in [2.75, 3.05) is 38.5 Å². The van der Waals surface area contributed by atoms with Gasteiger partial charge in [-0.15, -0.1) is 0 Å². The van der Waals surface area contributed by atoms with E-state index in [4.69, 9.17) is 22.1 Å². The van der Waals surface area contributed by atoms with Crippen LogP contribution in [0.4, 0.5) is 14.6 Å². The first-order chi connectivity index (χ1) is 16.9. The predicted molar refractivity (Wildman–Crippen MR) is 133 cm³/mol. The number of halogens is 3. The maximum Gasteiger partial charge on any atom is 0.251 e. The summed E-state index contributed by atoms with van der Waals surface area (Å²) in [6.45, 7) is 3.64. The Morgan fingerprint density at radius 2 is 1.89 bits per heavy atom. The van der Waals surface area contributed by atoms with Gasteiger partial charge in [0.25, 0.3) is 5.91 Å². The smallest absolute Gasteiger partial charge is 0.251 e. The maximum absolute atomic E-state index is 14.0. The lowest BCUT2D eigenvalue weighted by atomic mass is 10.0. The lowest BCUT2D eigenvalue weighted by molar-refractivity contribution is 0.0950. The minimum atomic E-state index is -0.689. The number of rotatable bonds is 9. The number of carbonyl (C=O) groups excluding carboxylic acids is 1. The van der Waals surface area contributed by atoms with Crippen LogP contribution in [0.3, 0.4) is 0 Å². The van der Waals surface area contributed by atoms with Gasteiger partial charge >= 0.3 is 0 Å². The van der Waals surface area contributed by atoms with E-state index in [1.165, 1.54) is 12.8 Å². The third-order valence-electron chi connectivity index (χ3n) is 6.00. The summed E-state index contributed by atoms with van der Waals surface area (Å²) >= 11 is 5.88. The fraction of sp³-hybridized carbons (Fsp3) is 0.308. The highest BCUT2D eigenvalue weighted by atomic mass is 35.5. The highest BCUT2D eigenvalue weighted by molar-refractivity contribution is 6.31. The quantitative estimate of drug-likeness (QED) is 0.416. The first-order valence-electron chi connectivity index (χ1n) is 11.5. The van der Waals surface area contributed by atoms with E-state index in [0.717, 1.165) is 37.3 Å². The number of carbonyl (C=O) groups is 1. The second-order valence-corrected chi connectivity index (χ2v) is 8.79. The van der Waals surface area contributed by atoms with E-state index in [0.29, 0.717) is 23.4 Å². The molecule has 3 aromatic rings. The number of aromatic nitrogens is 1. The standard InChI is InChI=1S/C26H27ClF2N4O2/c27-24-20(21(28)6-7-22(24)29)8-13-35-23-15-19(16-32-25(23)30)17-4-3-5-18(14-17)26(34)31-9-12-33-10-1-2-11-33/h3-7,14-16H,1-2,8-13H2,(H2,30,32)(H,31,34). The van der Waals surface area contributed by atoms with E-state index in [1.807, 2.05) is 6.07 Å².